The smallest absolute Gasteiger partial charge is 0.168 e. The van der Waals surface area contributed by atoms with Gasteiger partial charge < -0.3 is 5.11 Å². The summed E-state index contributed by atoms with van der Waals surface area (Å²) >= 11 is 0. The maximum Gasteiger partial charge on any atom is 0.168 e. The van der Waals surface area contributed by atoms with Crippen LogP contribution in [0.3, 0.4) is 0 Å². The molecule has 1 saturated carbocycles. The summed E-state index contributed by atoms with van der Waals surface area (Å²) in [5.41, 5.74) is 0. The maximum absolute atomic E-state index is 11.1. The van der Waals surface area contributed by atoms with E-state index in [1.165, 1.54) is 32.1 Å². The third-order valence-electron chi connectivity index (χ3n) is 2.79. The van der Waals surface area contributed by atoms with Crippen molar-refractivity contribution in [1.29, 1.82) is 0 Å². The van der Waals surface area contributed by atoms with E-state index in [2.05, 4.69) is 4.57 Å². The first-order valence-electron chi connectivity index (χ1n) is 5.04. The van der Waals surface area contributed by atoms with Crippen LogP contribution in [0.4, 0.5) is 0 Å². The maximum atomic E-state index is 11.1. The highest BCUT2D eigenvalue weighted by Crippen LogP contribution is 2.23. The molecule has 0 radical (unpaired) electrons. The summed E-state index contributed by atoms with van der Waals surface area (Å²) in [6.07, 6.45) is 10.2. The number of pyridine rings is 1. The molecule has 2 heteroatoms. The second-order valence-corrected chi connectivity index (χ2v) is 3.78. The van der Waals surface area contributed by atoms with Crippen LogP contribution in [0.2, 0.25) is 0 Å². The number of nitrogens with zero attached hydrogens (tertiary/aromatic N) is 1. The lowest BCUT2D eigenvalue weighted by Gasteiger charge is -2.17. The predicted octanol–water partition coefficient (Wildman–Crippen LogP) is 1.55. The molecular formula is C11H15NO. The molecular weight excluding hydrogens is 162 g/mol. The van der Waals surface area contributed by atoms with Crippen molar-refractivity contribution in [2.24, 2.45) is 0 Å². The summed E-state index contributed by atoms with van der Waals surface area (Å²) in [6.45, 7) is 0. The van der Waals surface area contributed by atoms with Gasteiger partial charge in [-0.1, -0.05) is 12.5 Å². The Morgan fingerprint density at radius 3 is 2.69 bits per heavy atom. The zero-order valence-electron chi connectivity index (χ0n) is 7.78. The zero-order chi connectivity index (χ0) is 9.10. The topological polar surface area (TPSA) is 26.9 Å². The highest BCUT2D eigenvalue weighted by Gasteiger charge is 2.20. The van der Waals surface area contributed by atoms with Crippen LogP contribution in [0, 0.1) is 0 Å². The molecule has 1 aromatic heterocycles. The van der Waals surface area contributed by atoms with Crippen LogP contribution in [0.25, 0.3) is 0 Å². The highest BCUT2D eigenvalue weighted by atomic mass is 16.3. The summed E-state index contributed by atoms with van der Waals surface area (Å²) in [5.74, 6) is 0.119. The van der Waals surface area contributed by atoms with Gasteiger partial charge in [0.05, 0.1) is 0 Å². The van der Waals surface area contributed by atoms with Crippen LogP contribution in [-0.4, -0.2) is 0 Å². The molecule has 0 spiro atoms. The third-order valence-corrected chi connectivity index (χ3v) is 2.79. The van der Waals surface area contributed by atoms with Crippen LogP contribution in [0.1, 0.15) is 38.1 Å². The number of aromatic nitrogens is 1. The van der Waals surface area contributed by atoms with Crippen molar-refractivity contribution in [3.8, 4) is 5.75 Å². The Morgan fingerprint density at radius 2 is 2.00 bits per heavy atom. The van der Waals surface area contributed by atoms with Crippen LogP contribution in [-0.2, 0) is 0 Å². The fraction of sp³-hybridized carbons (Fsp3) is 0.545. The molecule has 0 bridgehead atoms. The normalized spacial score (nSPS) is 18.8. The van der Waals surface area contributed by atoms with Crippen molar-refractivity contribution in [1.82, 2.24) is 0 Å². The fourth-order valence-electron chi connectivity index (χ4n) is 2.08. The lowest BCUT2D eigenvalue weighted by Crippen LogP contribution is -2.40. The van der Waals surface area contributed by atoms with Crippen LogP contribution in [0.5, 0.6) is 5.75 Å². The summed E-state index contributed by atoms with van der Waals surface area (Å²) in [6, 6.07) is 4.03. The predicted molar refractivity (Wildman–Crippen MR) is 48.2 cm³/mol. The fourth-order valence-corrected chi connectivity index (χ4v) is 2.08. The lowest BCUT2D eigenvalue weighted by atomic mass is 9.95. The van der Waals surface area contributed by atoms with Gasteiger partial charge in [0.2, 0.25) is 0 Å². The molecule has 13 heavy (non-hydrogen) atoms. The van der Waals surface area contributed by atoms with Gasteiger partial charge in [0.15, 0.2) is 18.4 Å². The van der Waals surface area contributed by atoms with E-state index in [1.807, 2.05) is 12.3 Å². The Morgan fingerprint density at radius 1 is 1.23 bits per heavy atom. The quantitative estimate of drug-likeness (QED) is 0.598. The molecule has 2 rings (SSSR count). The molecule has 0 saturated heterocycles. The zero-order valence-corrected chi connectivity index (χ0v) is 7.78. The first-order chi connectivity index (χ1) is 6.36. The minimum absolute atomic E-state index is 0.119. The molecule has 0 aliphatic heterocycles. The van der Waals surface area contributed by atoms with Crippen LogP contribution >= 0.6 is 0 Å². The second-order valence-electron chi connectivity index (χ2n) is 3.78. The van der Waals surface area contributed by atoms with E-state index in [0.29, 0.717) is 6.04 Å². The molecule has 1 aliphatic carbocycles. The molecule has 2 nitrogen and oxygen atoms in total. The summed E-state index contributed by atoms with van der Waals surface area (Å²) < 4.78 is 2.08. The number of rotatable bonds is 1. The van der Waals surface area contributed by atoms with Crippen molar-refractivity contribution in [2.45, 2.75) is 38.1 Å². The van der Waals surface area contributed by atoms with Crippen molar-refractivity contribution < 1.29 is 9.67 Å². The van der Waals surface area contributed by atoms with E-state index in [1.54, 1.807) is 12.3 Å². The molecule has 0 N–H and O–H groups in total. The summed E-state index contributed by atoms with van der Waals surface area (Å²) in [5, 5.41) is 11.1. The first-order valence-corrected chi connectivity index (χ1v) is 5.04. The molecule has 70 valence electrons. The van der Waals surface area contributed by atoms with E-state index in [0.717, 1.165) is 0 Å². The van der Waals surface area contributed by atoms with E-state index in [9.17, 15) is 5.11 Å². The largest absolute Gasteiger partial charge is 0.868 e. The Hall–Kier alpha value is -1.05. The summed E-state index contributed by atoms with van der Waals surface area (Å²) in [4.78, 5) is 0. The van der Waals surface area contributed by atoms with Gasteiger partial charge in [-0.15, -0.1) is 0 Å². The SMILES string of the molecule is [O-]c1ccc[n+](C2CCCCC2)c1. The van der Waals surface area contributed by atoms with Crippen molar-refractivity contribution in [3.05, 3.63) is 24.5 Å². The van der Waals surface area contributed by atoms with Crippen molar-refractivity contribution >= 4 is 0 Å². The van der Waals surface area contributed by atoms with E-state index in [-0.39, 0.29) is 5.75 Å². The Balaban J connectivity index is 2.14. The monoisotopic (exact) mass is 177 g/mol. The molecule has 0 aromatic carbocycles. The van der Waals surface area contributed by atoms with Gasteiger partial charge in [-0.2, -0.15) is 0 Å². The molecule has 1 heterocycles. The number of hydrogen-bond acceptors (Lipinski definition) is 1. The molecule has 1 aliphatic rings. The van der Waals surface area contributed by atoms with Crippen LogP contribution < -0.4 is 9.67 Å². The molecule has 0 atom stereocenters. The van der Waals surface area contributed by atoms with E-state index in [4.69, 9.17) is 0 Å². The van der Waals surface area contributed by atoms with Crippen molar-refractivity contribution in [3.63, 3.8) is 0 Å². The van der Waals surface area contributed by atoms with Gasteiger partial charge in [-0.05, 0) is 18.6 Å². The molecule has 1 aromatic rings. The van der Waals surface area contributed by atoms with E-state index < -0.39 is 0 Å². The van der Waals surface area contributed by atoms with Gasteiger partial charge in [-0.25, -0.2) is 4.57 Å². The Kier molecular flexibility index (Phi) is 2.48. The molecule has 0 unspecified atom stereocenters. The van der Waals surface area contributed by atoms with Gasteiger partial charge in [0, 0.05) is 18.9 Å². The minimum atomic E-state index is 0.119. The molecule has 1 fully saturated rings. The highest BCUT2D eigenvalue weighted by molar-refractivity contribution is 5.07. The van der Waals surface area contributed by atoms with E-state index >= 15 is 0 Å². The average Bonchev–Trinajstić information content (AvgIpc) is 2.19. The first kappa shape index (κ1) is 8.54. The van der Waals surface area contributed by atoms with Crippen molar-refractivity contribution in [2.75, 3.05) is 0 Å². The van der Waals surface area contributed by atoms with Gasteiger partial charge >= 0.3 is 0 Å². The minimum Gasteiger partial charge on any atom is -0.868 e. The molecule has 0 amide bonds. The lowest BCUT2D eigenvalue weighted by molar-refractivity contribution is -0.727. The van der Waals surface area contributed by atoms with Crippen LogP contribution in [0.15, 0.2) is 24.5 Å². The Bertz CT molecular complexity index is 279. The standard InChI is InChI=1S/C11H15NO/c13-11-7-4-8-12(9-11)10-5-2-1-3-6-10/h4,7-10H,1-3,5-6H2. The Labute approximate surface area is 78.8 Å². The van der Waals surface area contributed by atoms with Gasteiger partial charge in [0.1, 0.15) is 0 Å². The third kappa shape index (κ3) is 2.00. The van der Waals surface area contributed by atoms with Gasteiger partial charge in [-0.3, -0.25) is 0 Å². The summed E-state index contributed by atoms with van der Waals surface area (Å²) in [7, 11) is 0. The second kappa shape index (κ2) is 3.77. The van der Waals surface area contributed by atoms with Gasteiger partial charge in [0.25, 0.3) is 0 Å². The average molecular weight is 177 g/mol. The number of hydrogen-bond donors (Lipinski definition) is 0.